The van der Waals surface area contributed by atoms with Crippen molar-refractivity contribution in [2.45, 2.75) is 51.6 Å². The van der Waals surface area contributed by atoms with Crippen molar-refractivity contribution in [1.29, 1.82) is 0 Å². The summed E-state index contributed by atoms with van der Waals surface area (Å²) < 4.78 is 7.24. The highest BCUT2D eigenvalue weighted by Crippen LogP contribution is 2.42. The van der Waals surface area contributed by atoms with Crippen LogP contribution in [-0.4, -0.2) is 27.5 Å². The second kappa shape index (κ2) is 10.9. The number of nitrogens with zero attached hydrogens (tertiary/aromatic N) is 3. The summed E-state index contributed by atoms with van der Waals surface area (Å²) in [4.78, 5) is 11.8. The van der Waals surface area contributed by atoms with E-state index in [0.29, 0.717) is 19.2 Å². The van der Waals surface area contributed by atoms with E-state index in [0.717, 1.165) is 56.3 Å². The normalized spacial score (nSPS) is 14.2. The van der Waals surface area contributed by atoms with Gasteiger partial charge in [-0.2, -0.15) is 0 Å². The minimum atomic E-state index is 0.268. The van der Waals surface area contributed by atoms with E-state index in [-0.39, 0.29) is 5.95 Å². The predicted molar refractivity (Wildman–Crippen MR) is 151 cm³/mol. The summed E-state index contributed by atoms with van der Waals surface area (Å²) >= 11 is 8.63. The van der Waals surface area contributed by atoms with Crippen molar-refractivity contribution in [3.05, 3.63) is 76.9 Å². The van der Waals surface area contributed by atoms with Crippen LogP contribution in [0.3, 0.4) is 0 Å². The van der Waals surface area contributed by atoms with Crippen molar-refractivity contribution >= 4 is 44.7 Å². The number of benzene rings is 2. The Hall–Kier alpha value is -3.09. The molecule has 1 saturated carbocycles. The molecule has 7 heteroatoms. The molecule has 4 aromatic rings. The van der Waals surface area contributed by atoms with Crippen LogP contribution in [0.4, 0.5) is 5.95 Å². The van der Waals surface area contributed by atoms with Crippen molar-refractivity contribution in [1.82, 2.24) is 14.9 Å². The number of aromatic nitrogens is 2. The van der Waals surface area contributed by atoms with Crippen molar-refractivity contribution in [2.24, 2.45) is 0 Å². The van der Waals surface area contributed by atoms with Gasteiger partial charge in [-0.3, -0.25) is 0 Å². The molecule has 0 unspecified atom stereocenters. The molecule has 5 nitrogen and oxygen atoms in total. The number of hydrogen-bond donors (Lipinski definition) is 1. The maximum Gasteiger partial charge on any atom is 0.219 e. The third kappa shape index (κ3) is 5.06. The number of nitrogen functional groups attached to an aromatic ring is 1. The van der Waals surface area contributed by atoms with Gasteiger partial charge >= 0.3 is 0 Å². The Morgan fingerprint density at radius 1 is 1.11 bits per heavy atom. The Morgan fingerprint density at radius 2 is 1.86 bits per heavy atom. The minimum Gasteiger partial charge on any atom is -0.494 e. The SMILES string of the molecule is C=C(c1sc2ccccc2c1Cl)N(Cc1cc(-c2cnc(N)nc2)ccc1OCC)C1CCCCC1. The summed E-state index contributed by atoms with van der Waals surface area (Å²) in [5, 5.41) is 1.88. The van der Waals surface area contributed by atoms with Crippen LogP contribution in [-0.2, 0) is 6.54 Å². The second-order valence-corrected chi connectivity index (χ2v) is 10.6. The first-order valence-electron chi connectivity index (χ1n) is 12.5. The third-order valence-corrected chi connectivity index (χ3v) is 8.59. The third-order valence-electron chi connectivity index (χ3n) is 6.87. The average Bonchev–Trinajstić information content (AvgIpc) is 3.25. The van der Waals surface area contributed by atoms with E-state index in [1.807, 2.05) is 25.1 Å². The zero-order valence-corrected chi connectivity index (χ0v) is 22.1. The minimum absolute atomic E-state index is 0.268. The summed E-state index contributed by atoms with van der Waals surface area (Å²) in [6.45, 7) is 7.90. The molecule has 36 heavy (non-hydrogen) atoms. The largest absolute Gasteiger partial charge is 0.494 e. The quantitative estimate of drug-likeness (QED) is 0.258. The van der Waals surface area contributed by atoms with E-state index in [2.05, 4.69) is 45.7 Å². The lowest BCUT2D eigenvalue weighted by Gasteiger charge is -2.37. The van der Waals surface area contributed by atoms with Gasteiger partial charge in [0.1, 0.15) is 5.75 Å². The number of halogens is 1. The fourth-order valence-corrected chi connectivity index (χ4v) is 6.54. The lowest BCUT2D eigenvalue weighted by molar-refractivity contribution is 0.222. The van der Waals surface area contributed by atoms with Crippen molar-refractivity contribution in [3.63, 3.8) is 0 Å². The van der Waals surface area contributed by atoms with Gasteiger partial charge in [-0.25, -0.2) is 9.97 Å². The molecule has 0 radical (unpaired) electrons. The van der Waals surface area contributed by atoms with Crippen molar-refractivity contribution in [3.8, 4) is 16.9 Å². The first-order valence-corrected chi connectivity index (χ1v) is 13.7. The molecule has 2 aromatic carbocycles. The Morgan fingerprint density at radius 3 is 2.58 bits per heavy atom. The molecule has 0 amide bonds. The van der Waals surface area contributed by atoms with Crippen molar-refractivity contribution < 1.29 is 4.74 Å². The Bertz CT molecular complexity index is 1360. The number of anilines is 1. The summed E-state index contributed by atoms with van der Waals surface area (Å²) in [6.07, 6.45) is 9.57. The van der Waals surface area contributed by atoms with Gasteiger partial charge in [0.05, 0.1) is 16.5 Å². The molecule has 1 aliphatic carbocycles. The highest BCUT2D eigenvalue weighted by molar-refractivity contribution is 7.20. The fraction of sp³-hybridized carbons (Fsp3) is 0.310. The first-order chi connectivity index (χ1) is 17.5. The Labute approximate surface area is 221 Å². The summed E-state index contributed by atoms with van der Waals surface area (Å²) in [6, 6.07) is 15.0. The molecule has 0 aliphatic heterocycles. The average molecular weight is 519 g/mol. The zero-order valence-electron chi connectivity index (χ0n) is 20.5. The van der Waals surface area contributed by atoms with Gasteiger partial charge < -0.3 is 15.4 Å². The van der Waals surface area contributed by atoms with Gasteiger partial charge in [0.25, 0.3) is 0 Å². The van der Waals surface area contributed by atoms with Gasteiger partial charge in [-0.15, -0.1) is 11.3 Å². The van der Waals surface area contributed by atoms with E-state index < -0.39 is 0 Å². The molecule has 0 bridgehead atoms. The first kappa shape index (κ1) is 24.6. The number of ether oxygens (including phenoxy) is 1. The van der Waals surface area contributed by atoms with Crippen LogP contribution in [0.5, 0.6) is 5.75 Å². The number of thiophene rings is 1. The molecule has 0 saturated heterocycles. The highest BCUT2D eigenvalue weighted by Gasteiger charge is 2.27. The fourth-order valence-electron chi connectivity index (χ4n) is 5.02. The second-order valence-electron chi connectivity index (χ2n) is 9.19. The van der Waals surface area contributed by atoms with Crippen LogP contribution in [0.1, 0.15) is 49.5 Å². The smallest absolute Gasteiger partial charge is 0.219 e. The maximum absolute atomic E-state index is 6.91. The summed E-state index contributed by atoms with van der Waals surface area (Å²) in [5.74, 6) is 1.15. The van der Waals surface area contributed by atoms with Gasteiger partial charge in [-0.05, 0) is 43.5 Å². The Balaban J connectivity index is 1.54. The monoisotopic (exact) mass is 518 g/mol. The van der Waals surface area contributed by atoms with Crippen LogP contribution in [0.2, 0.25) is 5.02 Å². The van der Waals surface area contributed by atoms with Crippen LogP contribution in [0.15, 0.2) is 61.4 Å². The molecule has 1 aliphatic rings. The highest BCUT2D eigenvalue weighted by atomic mass is 35.5. The van der Waals surface area contributed by atoms with E-state index in [4.69, 9.17) is 22.1 Å². The zero-order chi connectivity index (χ0) is 25.1. The standard InChI is InChI=1S/C29H31ClN4OS/c1-3-35-25-14-13-20(22-16-32-29(31)33-17-22)15-21(25)18-34(23-9-5-4-6-10-23)19(2)28-27(30)24-11-7-8-12-26(24)36-28/h7-8,11-17,23H,2-6,9-10,18H2,1H3,(H2,31,32,33). The van der Waals surface area contributed by atoms with Crippen LogP contribution in [0, 0.1) is 0 Å². The van der Waals surface area contributed by atoms with Gasteiger partial charge in [-0.1, -0.05) is 61.7 Å². The maximum atomic E-state index is 6.91. The van der Waals surface area contributed by atoms with E-state index in [1.165, 1.54) is 24.0 Å². The lowest BCUT2D eigenvalue weighted by atomic mass is 9.93. The van der Waals surface area contributed by atoms with E-state index >= 15 is 0 Å². The van der Waals surface area contributed by atoms with Crippen molar-refractivity contribution in [2.75, 3.05) is 12.3 Å². The molecular formula is C29H31ClN4OS. The molecule has 2 heterocycles. The molecule has 2 aromatic heterocycles. The number of fused-ring (bicyclic) bond motifs is 1. The molecule has 0 atom stereocenters. The van der Waals surface area contributed by atoms with Crippen LogP contribution < -0.4 is 10.5 Å². The molecule has 2 N–H and O–H groups in total. The molecule has 0 spiro atoms. The molecule has 1 fully saturated rings. The number of rotatable bonds is 8. The molecule has 186 valence electrons. The lowest BCUT2D eigenvalue weighted by Crippen LogP contribution is -2.34. The number of nitrogens with two attached hydrogens (primary N) is 1. The molecular weight excluding hydrogens is 488 g/mol. The Kier molecular flexibility index (Phi) is 7.44. The van der Waals surface area contributed by atoms with E-state index in [1.54, 1.807) is 23.7 Å². The van der Waals surface area contributed by atoms with Gasteiger partial charge in [0, 0.05) is 51.9 Å². The van der Waals surface area contributed by atoms with Gasteiger partial charge in [0.2, 0.25) is 5.95 Å². The van der Waals surface area contributed by atoms with Gasteiger partial charge in [0.15, 0.2) is 0 Å². The van der Waals surface area contributed by atoms with E-state index in [9.17, 15) is 0 Å². The molecule has 5 rings (SSSR count). The predicted octanol–water partition coefficient (Wildman–Crippen LogP) is 7.80. The topological polar surface area (TPSA) is 64.3 Å². The number of hydrogen-bond acceptors (Lipinski definition) is 6. The summed E-state index contributed by atoms with van der Waals surface area (Å²) in [7, 11) is 0. The summed E-state index contributed by atoms with van der Waals surface area (Å²) in [5.41, 5.74) is 9.75. The van der Waals surface area contributed by atoms with Crippen LogP contribution in [0.25, 0.3) is 26.9 Å². The van der Waals surface area contributed by atoms with Crippen LogP contribution >= 0.6 is 22.9 Å².